The average Bonchev–Trinajstić information content (AvgIpc) is 0.939. The number of hydrogen-bond acceptors (Lipinski definition) is 11. The van der Waals surface area contributed by atoms with Crippen LogP contribution in [0.1, 0.15) is 93.0 Å². The molecule has 0 fully saturated rings. The minimum atomic E-state index is 0.219. The third-order valence-electron chi connectivity index (χ3n) is 14.9. The molecule has 0 saturated carbocycles. The van der Waals surface area contributed by atoms with E-state index in [-0.39, 0.29) is 22.3 Å². The van der Waals surface area contributed by atoms with Crippen molar-refractivity contribution >= 4 is 97.6 Å². The molecule has 10 aromatic carbocycles. The van der Waals surface area contributed by atoms with Gasteiger partial charge in [0.25, 0.3) is 0 Å². The summed E-state index contributed by atoms with van der Waals surface area (Å²) in [6.45, 7) is 15.8. The lowest BCUT2D eigenvalue weighted by Crippen LogP contribution is -2.07. The van der Waals surface area contributed by atoms with Gasteiger partial charge >= 0.3 is 0 Å². The quantitative estimate of drug-likeness (QED) is 0.0725. The minimum Gasteiger partial charge on any atom is -0.378 e. The average molecular weight is 1180 g/mol. The zero-order valence-corrected chi connectivity index (χ0v) is 52.9. The molecule has 10 aromatic rings. The van der Waals surface area contributed by atoms with Gasteiger partial charge in [-0.05, 0) is 133 Å². The Morgan fingerprint density at radius 3 is 0.911 bits per heavy atom. The van der Waals surface area contributed by atoms with Crippen molar-refractivity contribution in [2.75, 3.05) is 76.0 Å². The van der Waals surface area contributed by atoms with Gasteiger partial charge in [-0.2, -0.15) is 26.3 Å². The fourth-order valence-electron chi connectivity index (χ4n) is 9.58. The third-order valence-corrected chi connectivity index (χ3v) is 14.9. The molecule has 0 saturated heterocycles. The number of hydrogen-bond donors (Lipinski definition) is 0. The summed E-state index contributed by atoms with van der Waals surface area (Å²) >= 11 is 0. The Kier molecular flexibility index (Phi) is 23.8. The van der Waals surface area contributed by atoms with E-state index in [2.05, 4.69) is 154 Å². The van der Waals surface area contributed by atoms with Gasteiger partial charge in [0.05, 0.1) is 34.4 Å². The molecule has 12 heteroatoms. The lowest BCUT2D eigenvalue weighted by molar-refractivity contribution is 0.111. The molecule has 0 aliphatic carbocycles. The van der Waals surface area contributed by atoms with Gasteiger partial charge in [0, 0.05) is 112 Å². The Balaban J connectivity index is 0.000000199. The predicted octanol–water partition coefficient (Wildman–Crippen LogP) is 17.3. The van der Waals surface area contributed by atoms with Gasteiger partial charge in [0.1, 0.15) is 30.3 Å². The molecule has 0 aliphatic heterocycles. The molecule has 90 heavy (non-hydrogen) atoms. The number of aryl methyl sites for hydroxylation is 4. The number of carbonyl (C=O) groups excluding carboxylic acids is 2. The molecule has 0 atom stereocenters. The first-order chi connectivity index (χ1) is 43.2. The molecule has 0 radical (unpaired) electrons. The summed E-state index contributed by atoms with van der Waals surface area (Å²) in [6, 6.07) is 65.6. The van der Waals surface area contributed by atoms with Gasteiger partial charge in [-0.15, -0.1) is 0 Å². The zero-order valence-electron chi connectivity index (χ0n) is 52.9. The van der Waals surface area contributed by atoms with Crippen LogP contribution >= 0.6 is 0 Å². The van der Waals surface area contributed by atoms with Crippen LogP contribution in [0.2, 0.25) is 0 Å². The Bertz CT molecular complexity index is 4260. The molecule has 444 valence electrons. The molecular weight excluding hydrogens is 1110 g/mol. The van der Waals surface area contributed by atoms with Gasteiger partial charge < -0.3 is 19.6 Å². The van der Waals surface area contributed by atoms with E-state index in [4.69, 9.17) is 27.6 Å². The molecule has 0 N–H and O–H groups in total. The monoisotopic (exact) mass is 1180 g/mol. The van der Waals surface area contributed by atoms with Crippen molar-refractivity contribution in [3.63, 3.8) is 0 Å². The SMILES string of the molecule is Cc1ccc(N(C)C)cc1.Cc1ccc(N(C)C)cc1.Cc1ccc2c(C#N)c(C)ccc2c1C#N.N#Cc1c(C=O)ccc2c(C#N)c(C=O)ccc12.[C-]#[N+]c1c(C=Cc2ccc(N(C)C)cc2)ccc2c(C#N)c(C=Cc3ccc(N(C)C)cc3)ccc12. The molecule has 0 bridgehead atoms. The van der Waals surface area contributed by atoms with Crippen molar-refractivity contribution in [1.82, 2.24) is 0 Å². The summed E-state index contributed by atoms with van der Waals surface area (Å²) in [5.74, 6) is 0. The maximum absolute atomic E-state index is 10.8. The molecule has 0 unspecified atom stereocenters. The van der Waals surface area contributed by atoms with Crippen LogP contribution in [0.4, 0.5) is 28.4 Å². The highest BCUT2D eigenvalue weighted by molar-refractivity contribution is 6.04. The molecular formula is C78H70N10O2. The summed E-state index contributed by atoms with van der Waals surface area (Å²) < 4.78 is 0. The van der Waals surface area contributed by atoms with Gasteiger partial charge in [-0.25, -0.2) is 4.85 Å². The van der Waals surface area contributed by atoms with Crippen molar-refractivity contribution in [3.05, 3.63) is 265 Å². The van der Waals surface area contributed by atoms with E-state index in [1.54, 1.807) is 12.1 Å². The number of carbonyl (C=O) groups is 2. The number of nitrogens with zero attached hydrogens (tertiary/aromatic N) is 10. The molecule has 12 nitrogen and oxygen atoms in total. The maximum Gasteiger partial charge on any atom is 0.202 e. The van der Waals surface area contributed by atoms with Gasteiger partial charge in [-0.1, -0.05) is 145 Å². The zero-order chi connectivity index (χ0) is 65.6. The minimum absolute atomic E-state index is 0.219. The number of anilines is 4. The van der Waals surface area contributed by atoms with Crippen LogP contribution in [0.25, 0.3) is 61.5 Å². The fraction of sp³-hybridized carbons (Fsp3) is 0.154. The van der Waals surface area contributed by atoms with Crippen LogP contribution < -0.4 is 19.6 Å². The van der Waals surface area contributed by atoms with Crippen LogP contribution in [0.5, 0.6) is 0 Å². The molecule has 0 amide bonds. The Labute approximate surface area is 529 Å². The van der Waals surface area contributed by atoms with Crippen molar-refractivity contribution in [2.24, 2.45) is 0 Å². The summed E-state index contributed by atoms with van der Waals surface area (Å²) in [5.41, 5.74) is 16.5. The van der Waals surface area contributed by atoms with E-state index in [0.29, 0.717) is 45.7 Å². The highest BCUT2D eigenvalue weighted by atomic mass is 16.1. The van der Waals surface area contributed by atoms with E-state index >= 15 is 0 Å². The van der Waals surface area contributed by atoms with Crippen molar-refractivity contribution in [3.8, 4) is 30.3 Å². The Morgan fingerprint density at radius 1 is 0.322 bits per heavy atom. The van der Waals surface area contributed by atoms with E-state index in [1.165, 1.54) is 34.6 Å². The molecule has 0 aromatic heterocycles. The highest BCUT2D eigenvalue weighted by Crippen LogP contribution is 2.36. The number of nitriles is 5. The first kappa shape index (κ1) is 67.1. The van der Waals surface area contributed by atoms with E-state index in [0.717, 1.165) is 66.3 Å². The van der Waals surface area contributed by atoms with Crippen molar-refractivity contribution in [1.29, 1.82) is 26.3 Å². The lowest BCUT2D eigenvalue weighted by atomic mass is 9.95. The van der Waals surface area contributed by atoms with Crippen LogP contribution in [0.15, 0.2) is 170 Å². The molecule has 0 spiro atoms. The van der Waals surface area contributed by atoms with Crippen LogP contribution in [-0.4, -0.2) is 69.0 Å². The predicted molar refractivity (Wildman–Crippen MR) is 372 cm³/mol. The summed E-state index contributed by atoms with van der Waals surface area (Å²) in [4.78, 5) is 33.8. The van der Waals surface area contributed by atoms with E-state index < -0.39 is 0 Å². The number of benzene rings is 10. The highest BCUT2D eigenvalue weighted by Gasteiger charge is 2.15. The lowest BCUT2D eigenvalue weighted by Gasteiger charge is -2.12. The second-order valence-corrected chi connectivity index (χ2v) is 21.9. The number of fused-ring (bicyclic) bond motifs is 3. The third kappa shape index (κ3) is 16.7. The second kappa shape index (κ2) is 31.9. The fourth-order valence-corrected chi connectivity index (χ4v) is 9.58. The molecule has 0 aliphatic rings. The van der Waals surface area contributed by atoms with Crippen molar-refractivity contribution < 1.29 is 9.59 Å². The summed E-state index contributed by atoms with van der Waals surface area (Å²) in [7, 11) is 16.2. The summed E-state index contributed by atoms with van der Waals surface area (Å²) in [6.07, 6.45) is 9.14. The second-order valence-electron chi connectivity index (χ2n) is 21.9. The first-order valence-electron chi connectivity index (χ1n) is 28.7. The topological polar surface area (TPSA) is 170 Å². The van der Waals surface area contributed by atoms with Crippen LogP contribution in [0, 0.1) is 90.9 Å². The number of rotatable bonds is 10. The Hall–Kier alpha value is -12.1. The molecule has 0 heterocycles. The molecule has 10 rings (SSSR count). The van der Waals surface area contributed by atoms with Gasteiger partial charge in [0.2, 0.25) is 5.69 Å². The largest absolute Gasteiger partial charge is 0.378 e. The maximum atomic E-state index is 10.8. The first-order valence-corrected chi connectivity index (χ1v) is 28.7. The number of aldehydes is 2. The van der Waals surface area contributed by atoms with Gasteiger partial charge in [0.15, 0.2) is 12.6 Å². The van der Waals surface area contributed by atoms with E-state index in [9.17, 15) is 14.9 Å². The van der Waals surface area contributed by atoms with Gasteiger partial charge in [-0.3, -0.25) is 9.59 Å². The standard InChI is InChI=1S/C32H28N4.C14H6N2O2.C14H10N2.2C9H13N/c1-34-32-26(13-7-24-10-18-28(19-11-24)36(4)5)15-20-29-30(32)21-14-25(31(29)22-33)12-6-23-8-16-27(17-9-23)35(2)3;15-5-13-9(7-17)1-3-11-12(13)4-2-10(8-18)14(11)6-16;1-9-3-5-12-11(13(9)7-15)6-4-10(2)14(12)8-16;2*1-8-4-6-9(7-5-8)10(2)3/h6-21H,2-5H3;1-4,7-8H;3-6H,1-2H3;2*4-7H,1-3H3. The normalized spacial score (nSPS) is 10.2. The van der Waals surface area contributed by atoms with Crippen LogP contribution in [-0.2, 0) is 0 Å². The summed E-state index contributed by atoms with van der Waals surface area (Å²) in [5, 5.41) is 50.7. The Morgan fingerprint density at radius 2 is 0.589 bits per heavy atom. The smallest absolute Gasteiger partial charge is 0.202 e. The van der Waals surface area contributed by atoms with E-state index in [1.807, 2.05) is 155 Å². The van der Waals surface area contributed by atoms with Crippen molar-refractivity contribution in [2.45, 2.75) is 27.7 Å². The van der Waals surface area contributed by atoms with Crippen LogP contribution in [0.3, 0.4) is 0 Å².